The fraction of sp³-hybridized carbons (Fsp3) is 0.438. The maximum Gasteiger partial charge on any atom is 0.203 e. The van der Waals surface area contributed by atoms with Crippen LogP contribution in [0.1, 0.15) is 37.3 Å². The average molecular weight is 269 g/mol. The van der Waals surface area contributed by atoms with E-state index in [2.05, 4.69) is 27.0 Å². The van der Waals surface area contributed by atoms with Gasteiger partial charge in [0.05, 0.1) is 6.04 Å². The molecule has 1 atom stereocenters. The lowest BCUT2D eigenvalue weighted by atomic mass is 10.1. The second-order valence-electron chi connectivity index (χ2n) is 5.65. The predicted molar refractivity (Wildman–Crippen MR) is 78.2 cm³/mol. The Hall–Kier alpha value is -1.97. The Morgan fingerprint density at radius 1 is 1.20 bits per heavy atom. The smallest absolute Gasteiger partial charge is 0.203 e. The minimum absolute atomic E-state index is 0.234. The fourth-order valence-electron chi connectivity index (χ4n) is 3.30. The highest BCUT2D eigenvalue weighted by molar-refractivity contribution is 5.42. The molecule has 1 aliphatic heterocycles. The van der Waals surface area contributed by atoms with Crippen molar-refractivity contribution in [2.45, 2.75) is 37.8 Å². The number of hydrogen-bond donors (Lipinski definition) is 1. The van der Waals surface area contributed by atoms with E-state index < -0.39 is 0 Å². The van der Waals surface area contributed by atoms with E-state index in [-0.39, 0.29) is 6.04 Å². The van der Waals surface area contributed by atoms with E-state index in [4.69, 9.17) is 4.74 Å². The van der Waals surface area contributed by atoms with Gasteiger partial charge in [0.25, 0.3) is 0 Å². The highest BCUT2D eigenvalue weighted by atomic mass is 16.5. The molecule has 1 N–H and O–H groups in total. The molecule has 104 valence electrons. The first-order valence-corrected chi connectivity index (χ1v) is 7.43. The van der Waals surface area contributed by atoms with E-state index in [9.17, 15) is 0 Å². The summed E-state index contributed by atoms with van der Waals surface area (Å²) in [5.74, 6) is 1.97. The van der Waals surface area contributed by atoms with E-state index in [0.717, 1.165) is 11.7 Å². The molecular weight excluding hydrogens is 250 g/mol. The molecule has 4 nitrogen and oxygen atoms in total. The summed E-state index contributed by atoms with van der Waals surface area (Å²) in [5.41, 5.74) is 1.25. The van der Waals surface area contributed by atoms with Crippen LogP contribution >= 0.6 is 0 Å². The van der Waals surface area contributed by atoms with Crippen LogP contribution in [0.2, 0.25) is 0 Å². The molecule has 0 amide bonds. The van der Waals surface area contributed by atoms with Crippen molar-refractivity contribution in [2.24, 2.45) is 0 Å². The first-order chi connectivity index (χ1) is 9.92. The van der Waals surface area contributed by atoms with Gasteiger partial charge in [-0.3, -0.25) is 0 Å². The molecule has 1 aromatic heterocycles. The van der Waals surface area contributed by atoms with E-state index >= 15 is 0 Å². The highest BCUT2D eigenvalue weighted by Gasteiger charge is 2.27. The molecule has 2 aliphatic rings. The van der Waals surface area contributed by atoms with Crippen LogP contribution in [0, 0.1) is 0 Å². The van der Waals surface area contributed by atoms with Crippen molar-refractivity contribution < 1.29 is 4.74 Å². The lowest BCUT2D eigenvalue weighted by Crippen LogP contribution is -2.21. The summed E-state index contributed by atoms with van der Waals surface area (Å²) >= 11 is 0. The Morgan fingerprint density at radius 3 is 2.95 bits per heavy atom. The van der Waals surface area contributed by atoms with Crippen molar-refractivity contribution in [3.63, 3.8) is 0 Å². The molecule has 2 aromatic rings. The zero-order valence-corrected chi connectivity index (χ0v) is 11.5. The molecule has 20 heavy (non-hydrogen) atoms. The lowest BCUT2D eigenvalue weighted by Gasteiger charge is -2.18. The zero-order valence-electron chi connectivity index (χ0n) is 11.5. The van der Waals surface area contributed by atoms with Gasteiger partial charge >= 0.3 is 0 Å². The molecule has 1 aliphatic carbocycles. The largest absolute Gasteiger partial charge is 0.491 e. The molecule has 0 saturated heterocycles. The van der Waals surface area contributed by atoms with Gasteiger partial charge in [0, 0.05) is 24.0 Å². The van der Waals surface area contributed by atoms with Crippen LogP contribution in [0.4, 0.5) is 5.95 Å². The first kappa shape index (κ1) is 11.8. The predicted octanol–water partition coefficient (Wildman–Crippen LogP) is 3.22. The van der Waals surface area contributed by atoms with Crippen molar-refractivity contribution in [1.82, 2.24) is 9.55 Å². The van der Waals surface area contributed by atoms with Gasteiger partial charge in [0.1, 0.15) is 12.4 Å². The summed E-state index contributed by atoms with van der Waals surface area (Å²) in [6, 6.07) is 9.09. The topological polar surface area (TPSA) is 39.1 Å². The second kappa shape index (κ2) is 4.85. The molecule has 4 rings (SSSR count). The quantitative estimate of drug-likeness (QED) is 0.930. The number of anilines is 1. The Bertz CT molecular complexity index is 601. The summed E-state index contributed by atoms with van der Waals surface area (Å²) < 4.78 is 8.00. The number of nitrogens with zero attached hydrogens (tertiary/aromatic N) is 2. The van der Waals surface area contributed by atoms with Crippen molar-refractivity contribution >= 4 is 5.95 Å². The fourth-order valence-corrected chi connectivity index (χ4v) is 3.30. The van der Waals surface area contributed by atoms with E-state index in [0.29, 0.717) is 12.6 Å². The number of nitrogens with one attached hydrogen (secondary N) is 1. The molecule has 0 radical (unpaired) electrons. The van der Waals surface area contributed by atoms with Crippen molar-refractivity contribution in [2.75, 3.05) is 11.9 Å². The summed E-state index contributed by atoms with van der Waals surface area (Å²) in [6.07, 6.45) is 9.09. The Balaban J connectivity index is 1.62. The average Bonchev–Trinajstić information content (AvgIpc) is 3.19. The number of ether oxygens (including phenoxy) is 1. The van der Waals surface area contributed by atoms with Gasteiger partial charge in [0.2, 0.25) is 5.95 Å². The van der Waals surface area contributed by atoms with Gasteiger partial charge in [-0.15, -0.1) is 0 Å². The minimum Gasteiger partial charge on any atom is -0.491 e. The Labute approximate surface area is 118 Å². The van der Waals surface area contributed by atoms with Gasteiger partial charge in [-0.25, -0.2) is 4.98 Å². The number of imidazole rings is 1. The number of benzene rings is 1. The number of aromatic nitrogens is 2. The molecule has 0 spiro atoms. The molecule has 1 unspecified atom stereocenters. The number of para-hydroxylation sites is 1. The van der Waals surface area contributed by atoms with Crippen LogP contribution in [-0.2, 0) is 0 Å². The van der Waals surface area contributed by atoms with Gasteiger partial charge in [-0.2, -0.15) is 0 Å². The van der Waals surface area contributed by atoms with Crippen LogP contribution in [0.5, 0.6) is 5.75 Å². The standard InChI is InChI=1S/C16H19N3O/c1-2-6-12(5-1)18-16-17-9-10-19(16)14-11-20-15-8-4-3-7-13(14)15/h3-4,7-10,12,14H,1-2,5-6,11H2,(H,17,18). The van der Waals surface area contributed by atoms with Crippen molar-refractivity contribution in [3.05, 3.63) is 42.2 Å². The van der Waals surface area contributed by atoms with Crippen molar-refractivity contribution in [3.8, 4) is 5.75 Å². The molecule has 0 bridgehead atoms. The monoisotopic (exact) mass is 269 g/mol. The van der Waals surface area contributed by atoms with Crippen LogP contribution in [-0.4, -0.2) is 22.2 Å². The minimum atomic E-state index is 0.234. The first-order valence-electron chi connectivity index (χ1n) is 7.43. The number of rotatable bonds is 3. The molecule has 1 saturated carbocycles. The van der Waals surface area contributed by atoms with Crippen LogP contribution in [0.25, 0.3) is 0 Å². The number of fused-ring (bicyclic) bond motifs is 1. The highest BCUT2D eigenvalue weighted by Crippen LogP contribution is 2.36. The summed E-state index contributed by atoms with van der Waals surface area (Å²) in [6.45, 7) is 0.690. The maximum atomic E-state index is 5.78. The summed E-state index contributed by atoms with van der Waals surface area (Å²) in [5, 5.41) is 3.59. The Kier molecular flexibility index (Phi) is 2.87. The van der Waals surface area contributed by atoms with E-state index in [1.165, 1.54) is 31.2 Å². The summed E-state index contributed by atoms with van der Waals surface area (Å²) in [4.78, 5) is 4.49. The normalized spacial score (nSPS) is 21.7. The third kappa shape index (κ3) is 1.96. The third-order valence-electron chi connectivity index (χ3n) is 4.37. The van der Waals surface area contributed by atoms with E-state index in [1.807, 2.05) is 24.5 Å². The van der Waals surface area contributed by atoms with E-state index in [1.54, 1.807) is 0 Å². The van der Waals surface area contributed by atoms with Crippen LogP contribution < -0.4 is 10.1 Å². The Morgan fingerprint density at radius 2 is 2.05 bits per heavy atom. The second-order valence-corrected chi connectivity index (χ2v) is 5.65. The van der Waals surface area contributed by atoms with Crippen LogP contribution in [0.15, 0.2) is 36.7 Å². The SMILES string of the molecule is c1ccc2c(c1)OCC2n1ccnc1NC1CCCC1. The molecule has 1 fully saturated rings. The van der Waals surface area contributed by atoms with Gasteiger partial charge in [-0.05, 0) is 18.9 Å². The molecule has 2 heterocycles. The molecular formula is C16H19N3O. The lowest BCUT2D eigenvalue weighted by molar-refractivity contribution is 0.317. The van der Waals surface area contributed by atoms with Gasteiger partial charge in [0.15, 0.2) is 0 Å². The molecule has 4 heteroatoms. The maximum absolute atomic E-state index is 5.78. The van der Waals surface area contributed by atoms with Gasteiger partial charge in [-0.1, -0.05) is 31.0 Å². The third-order valence-corrected chi connectivity index (χ3v) is 4.37. The van der Waals surface area contributed by atoms with Crippen molar-refractivity contribution in [1.29, 1.82) is 0 Å². The van der Waals surface area contributed by atoms with Gasteiger partial charge < -0.3 is 14.6 Å². The van der Waals surface area contributed by atoms with Crippen LogP contribution in [0.3, 0.4) is 0 Å². The zero-order chi connectivity index (χ0) is 13.4. The molecule has 1 aromatic carbocycles. The number of hydrogen-bond acceptors (Lipinski definition) is 3. The summed E-state index contributed by atoms with van der Waals surface area (Å²) in [7, 11) is 0.